The number of nitrogens with two attached hydrogens (primary N) is 1. The van der Waals surface area contributed by atoms with Crippen LogP contribution in [-0.2, 0) is 0 Å². The van der Waals surface area contributed by atoms with Gasteiger partial charge in [0.15, 0.2) is 11.6 Å². The highest BCUT2D eigenvalue weighted by Gasteiger charge is 2.43. The fraction of sp³-hybridized carbons (Fsp3) is 0.714. The van der Waals surface area contributed by atoms with E-state index >= 15 is 0 Å². The number of nitrogens with zero attached hydrogens (tertiary/aromatic N) is 3. The number of aromatic nitrogens is 2. The predicted octanol–water partition coefficient (Wildman–Crippen LogP) is 2.26. The molecule has 112 valence electrons. The van der Waals surface area contributed by atoms with Crippen LogP contribution >= 0.6 is 0 Å². The highest BCUT2D eigenvalue weighted by atomic mass is 19.1. The van der Waals surface area contributed by atoms with Crippen molar-refractivity contribution < 1.29 is 8.50 Å². The number of nitrogen functional groups attached to an aromatic ring is 1. The minimum absolute atomic E-state index is 0.00709. The lowest BCUT2D eigenvalue weighted by atomic mass is 9.77. The molecule has 5 nitrogen and oxygen atoms in total. The van der Waals surface area contributed by atoms with Gasteiger partial charge in [-0.2, -0.15) is 4.98 Å². The van der Waals surface area contributed by atoms with Crippen molar-refractivity contribution in [2.75, 3.05) is 18.0 Å². The standard InChI is InChI=1S/C14H24FN5/c1-13(2)6-9(7-14(3,4)20(13)5)18-11-10(15)8-17-12(16)19-11/h8-9H,6-7H2,1-5H3,(H3,16,17,18,19)/i5D3. The van der Waals surface area contributed by atoms with Crippen molar-refractivity contribution in [1.82, 2.24) is 14.9 Å². The largest absolute Gasteiger partial charge is 0.368 e. The summed E-state index contributed by atoms with van der Waals surface area (Å²) < 4.78 is 37.3. The number of nitrogens with one attached hydrogen (secondary N) is 1. The lowest BCUT2D eigenvalue weighted by Gasteiger charge is -2.53. The van der Waals surface area contributed by atoms with E-state index in [2.05, 4.69) is 15.3 Å². The second kappa shape index (κ2) is 4.84. The molecule has 0 bridgehead atoms. The van der Waals surface area contributed by atoms with Gasteiger partial charge in [0.25, 0.3) is 0 Å². The topological polar surface area (TPSA) is 67.1 Å². The van der Waals surface area contributed by atoms with Gasteiger partial charge >= 0.3 is 0 Å². The number of halogens is 1. The van der Waals surface area contributed by atoms with Crippen LogP contribution in [0.15, 0.2) is 6.20 Å². The molecule has 20 heavy (non-hydrogen) atoms. The Hall–Kier alpha value is -1.43. The molecular weight excluding hydrogens is 257 g/mol. The third kappa shape index (κ3) is 2.85. The molecule has 1 saturated heterocycles. The van der Waals surface area contributed by atoms with Crippen LogP contribution in [0.2, 0.25) is 0 Å². The summed E-state index contributed by atoms with van der Waals surface area (Å²) in [5, 5.41) is 3.06. The van der Waals surface area contributed by atoms with E-state index in [1.807, 2.05) is 27.7 Å². The molecule has 1 aromatic rings. The van der Waals surface area contributed by atoms with Crippen molar-refractivity contribution in [3.05, 3.63) is 12.0 Å². The molecule has 1 aromatic heterocycles. The van der Waals surface area contributed by atoms with Gasteiger partial charge < -0.3 is 11.1 Å². The average Bonchev–Trinajstić information content (AvgIpc) is 2.28. The summed E-state index contributed by atoms with van der Waals surface area (Å²) in [4.78, 5) is 9.05. The highest BCUT2D eigenvalue weighted by molar-refractivity contribution is 5.40. The molecule has 0 atom stereocenters. The average molecular weight is 284 g/mol. The quantitative estimate of drug-likeness (QED) is 0.872. The van der Waals surface area contributed by atoms with Crippen molar-refractivity contribution in [3.8, 4) is 0 Å². The number of piperidine rings is 1. The summed E-state index contributed by atoms with van der Waals surface area (Å²) >= 11 is 0. The molecule has 2 heterocycles. The second-order valence-electron chi connectivity index (χ2n) is 6.63. The van der Waals surface area contributed by atoms with Gasteiger partial charge in [0.2, 0.25) is 5.95 Å². The number of hydrogen-bond donors (Lipinski definition) is 2. The molecule has 1 aliphatic rings. The molecule has 0 unspecified atom stereocenters. The van der Waals surface area contributed by atoms with Crippen LogP contribution in [0.3, 0.4) is 0 Å². The summed E-state index contributed by atoms with van der Waals surface area (Å²) in [7, 11) is 0. The Morgan fingerprint density at radius 2 is 2.00 bits per heavy atom. The van der Waals surface area contributed by atoms with Crippen LogP contribution in [0.5, 0.6) is 0 Å². The molecule has 0 aromatic carbocycles. The third-order valence-electron chi connectivity index (χ3n) is 3.81. The van der Waals surface area contributed by atoms with Crippen molar-refractivity contribution in [2.45, 2.75) is 57.7 Å². The Morgan fingerprint density at radius 3 is 2.55 bits per heavy atom. The van der Waals surface area contributed by atoms with E-state index in [0.717, 1.165) is 6.20 Å². The monoisotopic (exact) mass is 284 g/mol. The van der Waals surface area contributed by atoms with Crippen LogP contribution in [0.25, 0.3) is 0 Å². The van der Waals surface area contributed by atoms with Gasteiger partial charge in [0, 0.05) is 21.2 Å². The minimum Gasteiger partial charge on any atom is -0.368 e. The smallest absolute Gasteiger partial charge is 0.222 e. The normalized spacial score (nSPS) is 25.6. The molecule has 1 fully saturated rings. The molecule has 1 aliphatic heterocycles. The Bertz CT molecular complexity index is 570. The molecule has 0 radical (unpaired) electrons. The fourth-order valence-electron chi connectivity index (χ4n) is 3.06. The van der Waals surface area contributed by atoms with Crippen molar-refractivity contribution in [2.24, 2.45) is 0 Å². The second-order valence-corrected chi connectivity index (χ2v) is 6.63. The molecule has 0 spiro atoms. The van der Waals surface area contributed by atoms with Gasteiger partial charge in [-0.1, -0.05) is 0 Å². The summed E-state index contributed by atoms with van der Waals surface area (Å²) in [6.45, 7) is 5.36. The Balaban J connectivity index is 2.27. The van der Waals surface area contributed by atoms with E-state index in [4.69, 9.17) is 9.85 Å². The Labute approximate surface area is 124 Å². The first-order chi connectivity index (χ1) is 10.3. The van der Waals surface area contributed by atoms with Crippen molar-refractivity contribution in [1.29, 1.82) is 0 Å². The maximum atomic E-state index is 13.8. The zero-order chi connectivity index (χ0) is 17.6. The lowest BCUT2D eigenvalue weighted by Crippen LogP contribution is -2.61. The number of likely N-dealkylation sites (tertiary alicyclic amines) is 1. The van der Waals surface area contributed by atoms with Crippen LogP contribution in [-0.4, -0.2) is 39.0 Å². The van der Waals surface area contributed by atoms with Crippen LogP contribution in [0.4, 0.5) is 16.2 Å². The SMILES string of the molecule is [2H]C([2H])([2H])N1C(C)(C)CC(Nc2nc(N)ncc2F)CC1(C)C. The zero-order valence-electron chi connectivity index (χ0n) is 15.4. The molecule has 6 heteroatoms. The fourth-order valence-corrected chi connectivity index (χ4v) is 3.06. The number of rotatable bonds is 2. The Kier molecular flexibility index (Phi) is 2.72. The lowest BCUT2D eigenvalue weighted by molar-refractivity contribution is -0.00777. The van der Waals surface area contributed by atoms with Crippen molar-refractivity contribution >= 4 is 11.8 Å². The van der Waals surface area contributed by atoms with Gasteiger partial charge in [0.05, 0.1) is 6.20 Å². The number of hydrogen-bond acceptors (Lipinski definition) is 5. The van der Waals surface area contributed by atoms with Gasteiger partial charge in [-0.15, -0.1) is 0 Å². The minimum atomic E-state index is -2.19. The summed E-state index contributed by atoms with van der Waals surface area (Å²) in [6.07, 6.45) is 2.11. The van der Waals surface area contributed by atoms with E-state index in [1.54, 1.807) is 4.90 Å². The van der Waals surface area contributed by atoms with Crippen LogP contribution in [0, 0.1) is 5.82 Å². The van der Waals surface area contributed by atoms with Crippen LogP contribution in [0.1, 0.15) is 44.6 Å². The molecule has 2 rings (SSSR count). The maximum absolute atomic E-state index is 13.8. The van der Waals surface area contributed by atoms with E-state index in [1.165, 1.54) is 0 Å². The summed E-state index contributed by atoms with van der Waals surface area (Å²) in [6, 6.07) is -0.123. The third-order valence-corrected chi connectivity index (χ3v) is 3.81. The Morgan fingerprint density at radius 1 is 1.40 bits per heavy atom. The van der Waals surface area contributed by atoms with E-state index in [0.29, 0.717) is 12.8 Å². The van der Waals surface area contributed by atoms with E-state index < -0.39 is 23.9 Å². The first-order valence-electron chi connectivity index (χ1n) is 8.18. The zero-order valence-corrected chi connectivity index (χ0v) is 12.4. The molecular formula is C14H24FN5. The summed E-state index contributed by atoms with van der Waals surface area (Å²) in [5.41, 5.74) is 4.34. The first kappa shape index (κ1) is 11.3. The molecule has 0 aliphatic carbocycles. The number of anilines is 2. The molecule has 0 saturated carbocycles. The summed E-state index contributed by atoms with van der Waals surface area (Å²) in [5.74, 6) is -0.531. The van der Waals surface area contributed by atoms with Gasteiger partial charge in [-0.05, 0) is 47.5 Å². The van der Waals surface area contributed by atoms with Crippen molar-refractivity contribution in [3.63, 3.8) is 0 Å². The van der Waals surface area contributed by atoms with Crippen LogP contribution < -0.4 is 11.1 Å². The van der Waals surface area contributed by atoms with Gasteiger partial charge in [-0.3, -0.25) is 4.90 Å². The maximum Gasteiger partial charge on any atom is 0.222 e. The van der Waals surface area contributed by atoms with Gasteiger partial charge in [-0.25, -0.2) is 9.37 Å². The van der Waals surface area contributed by atoms with Gasteiger partial charge in [0.1, 0.15) is 0 Å². The first-order valence-corrected chi connectivity index (χ1v) is 6.68. The molecule has 0 amide bonds. The van der Waals surface area contributed by atoms with E-state index in [-0.39, 0.29) is 17.8 Å². The highest BCUT2D eigenvalue weighted by Crippen LogP contribution is 2.37. The predicted molar refractivity (Wildman–Crippen MR) is 79.0 cm³/mol. The molecule has 3 N–H and O–H groups in total. The van der Waals surface area contributed by atoms with E-state index in [9.17, 15) is 4.39 Å².